The van der Waals surface area contributed by atoms with Crippen molar-refractivity contribution in [3.05, 3.63) is 0 Å². The molecule has 0 spiro atoms. The highest BCUT2D eigenvalue weighted by Gasteiger charge is 2.36. The molecule has 1 heterocycles. The summed E-state index contributed by atoms with van der Waals surface area (Å²) < 4.78 is 0. The molecule has 1 saturated heterocycles. The van der Waals surface area contributed by atoms with E-state index < -0.39 is 6.09 Å². The van der Waals surface area contributed by atoms with E-state index in [0.29, 0.717) is 19.6 Å². The van der Waals surface area contributed by atoms with E-state index in [2.05, 4.69) is 10.6 Å². The van der Waals surface area contributed by atoms with E-state index in [1.165, 1.54) is 0 Å². The molecule has 4 N–H and O–H groups in total. The Kier molecular flexibility index (Phi) is 2.31. The van der Waals surface area contributed by atoms with Crippen LogP contribution in [0.4, 0.5) is 4.79 Å². The number of hydrogen-bond donors (Lipinski definition) is 4. The van der Waals surface area contributed by atoms with E-state index in [1.807, 2.05) is 0 Å². The van der Waals surface area contributed by atoms with Crippen molar-refractivity contribution in [2.75, 3.05) is 26.2 Å². The molecular weight excluding hydrogens is 148 g/mol. The normalized spacial score (nSPS) is 20.5. The maximum atomic E-state index is 10.1. The van der Waals surface area contributed by atoms with Gasteiger partial charge in [0.15, 0.2) is 0 Å². The third-order valence-corrected chi connectivity index (χ3v) is 1.95. The van der Waals surface area contributed by atoms with E-state index in [0.717, 1.165) is 0 Å². The molecular formula is C6H12N2O3. The highest BCUT2D eigenvalue weighted by molar-refractivity contribution is 5.64. The molecule has 1 aliphatic rings. The van der Waals surface area contributed by atoms with Crippen LogP contribution in [0.15, 0.2) is 0 Å². The lowest BCUT2D eigenvalue weighted by Crippen LogP contribution is -2.60. The molecule has 0 aliphatic carbocycles. The third-order valence-electron chi connectivity index (χ3n) is 1.95. The van der Waals surface area contributed by atoms with Gasteiger partial charge in [0.1, 0.15) is 0 Å². The Hall–Kier alpha value is -0.810. The molecule has 0 aromatic carbocycles. The first-order valence-corrected chi connectivity index (χ1v) is 3.47. The van der Waals surface area contributed by atoms with Crippen molar-refractivity contribution in [3.63, 3.8) is 0 Å². The average molecular weight is 160 g/mol. The van der Waals surface area contributed by atoms with Crippen molar-refractivity contribution in [2.45, 2.75) is 0 Å². The lowest BCUT2D eigenvalue weighted by molar-refractivity contribution is 0.0677. The molecule has 0 saturated carbocycles. The van der Waals surface area contributed by atoms with Crippen LogP contribution in [0.25, 0.3) is 0 Å². The first kappa shape index (κ1) is 8.29. The summed E-state index contributed by atoms with van der Waals surface area (Å²) in [4.78, 5) is 10.1. The average Bonchev–Trinajstić information content (AvgIpc) is 1.86. The van der Waals surface area contributed by atoms with Gasteiger partial charge < -0.3 is 20.8 Å². The van der Waals surface area contributed by atoms with E-state index in [1.54, 1.807) is 0 Å². The zero-order chi connectivity index (χ0) is 8.32. The van der Waals surface area contributed by atoms with E-state index >= 15 is 0 Å². The van der Waals surface area contributed by atoms with Crippen LogP contribution in [-0.4, -0.2) is 42.5 Å². The molecule has 0 aromatic heterocycles. The standard InChI is InChI=1S/C6H12N2O3/c9-4-6(1-7-2-6)3-8-5(10)11/h7-9H,1-4H2,(H,10,11). The molecule has 1 rings (SSSR count). The van der Waals surface area contributed by atoms with Crippen molar-refractivity contribution in [2.24, 2.45) is 5.41 Å². The maximum absolute atomic E-state index is 10.1. The number of nitrogens with one attached hydrogen (secondary N) is 2. The molecule has 0 unspecified atom stereocenters. The Morgan fingerprint density at radius 3 is 2.55 bits per heavy atom. The number of rotatable bonds is 3. The molecule has 5 nitrogen and oxygen atoms in total. The van der Waals surface area contributed by atoms with Crippen LogP contribution in [0.5, 0.6) is 0 Å². The van der Waals surface area contributed by atoms with Crippen LogP contribution in [-0.2, 0) is 0 Å². The van der Waals surface area contributed by atoms with Crippen molar-refractivity contribution in [1.29, 1.82) is 0 Å². The van der Waals surface area contributed by atoms with Gasteiger partial charge in [0.2, 0.25) is 0 Å². The molecule has 5 heteroatoms. The second-order valence-corrected chi connectivity index (χ2v) is 2.92. The van der Waals surface area contributed by atoms with Gasteiger partial charge >= 0.3 is 6.09 Å². The Labute approximate surface area is 64.4 Å². The molecule has 11 heavy (non-hydrogen) atoms. The van der Waals surface area contributed by atoms with Gasteiger partial charge in [0.25, 0.3) is 0 Å². The van der Waals surface area contributed by atoms with Crippen LogP contribution in [0.1, 0.15) is 0 Å². The van der Waals surface area contributed by atoms with Crippen LogP contribution in [0, 0.1) is 5.41 Å². The summed E-state index contributed by atoms with van der Waals surface area (Å²) in [6.07, 6.45) is -1.04. The molecule has 1 aliphatic heterocycles. The molecule has 0 bridgehead atoms. The Morgan fingerprint density at radius 2 is 2.27 bits per heavy atom. The minimum atomic E-state index is -1.04. The van der Waals surface area contributed by atoms with Gasteiger partial charge in [0, 0.05) is 25.0 Å². The van der Waals surface area contributed by atoms with Gasteiger partial charge in [-0.05, 0) is 0 Å². The van der Waals surface area contributed by atoms with Gasteiger partial charge in [-0.2, -0.15) is 0 Å². The molecule has 0 aromatic rings. The number of amides is 1. The topological polar surface area (TPSA) is 81.6 Å². The van der Waals surface area contributed by atoms with Crippen LogP contribution < -0.4 is 10.6 Å². The van der Waals surface area contributed by atoms with Crippen LogP contribution >= 0.6 is 0 Å². The monoisotopic (exact) mass is 160 g/mol. The fourth-order valence-electron chi connectivity index (χ4n) is 1.03. The van der Waals surface area contributed by atoms with Gasteiger partial charge in [-0.1, -0.05) is 0 Å². The Bertz CT molecular complexity index is 150. The fourth-order valence-corrected chi connectivity index (χ4v) is 1.03. The number of aliphatic hydroxyl groups excluding tert-OH is 1. The lowest BCUT2D eigenvalue weighted by atomic mass is 9.83. The molecule has 1 amide bonds. The Balaban J connectivity index is 2.27. The fraction of sp³-hybridized carbons (Fsp3) is 0.833. The van der Waals surface area contributed by atoms with Crippen molar-refractivity contribution >= 4 is 6.09 Å². The molecule has 1 fully saturated rings. The van der Waals surface area contributed by atoms with Gasteiger partial charge in [0.05, 0.1) is 6.61 Å². The molecule has 0 radical (unpaired) electrons. The summed E-state index contributed by atoms with van der Waals surface area (Å²) in [6.45, 7) is 1.72. The lowest BCUT2D eigenvalue weighted by Gasteiger charge is -2.40. The van der Waals surface area contributed by atoms with Crippen molar-refractivity contribution in [1.82, 2.24) is 10.6 Å². The number of carbonyl (C=O) groups is 1. The minimum Gasteiger partial charge on any atom is -0.465 e. The second-order valence-electron chi connectivity index (χ2n) is 2.92. The van der Waals surface area contributed by atoms with Crippen molar-refractivity contribution in [3.8, 4) is 0 Å². The highest BCUT2D eigenvalue weighted by atomic mass is 16.4. The first-order chi connectivity index (χ1) is 5.18. The predicted octanol–water partition coefficient (Wildman–Crippen LogP) is -1.16. The molecule has 64 valence electrons. The van der Waals surface area contributed by atoms with E-state index in [4.69, 9.17) is 10.2 Å². The third kappa shape index (κ3) is 1.81. The summed E-state index contributed by atoms with van der Waals surface area (Å²) >= 11 is 0. The predicted molar refractivity (Wildman–Crippen MR) is 38.4 cm³/mol. The first-order valence-electron chi connectivity index (χ1n) is 3.47. The number of carboxylic acid groups (broad SMARTS) is 1. The SMILES string of the molecule is O=C(O)NCC1(CO)CNC1. The number of aliphatic hydroxyl groups is 1. The van der Waals surface area contributed by atoms with Gasteiger partial charge in [-0.25, -0.2) is 4.79 Å². The summed E-state index contributed by atoms with van der Waals surface area (Å²) in [7, 11) is 0. The van der Waals surface area contributed by atoms with Crippen LogP contribution in [0.2, 0.25) is 0 Å². The highest BCUT2D eigenvalue weighted by Crippen LogP contribution is 2.19. The Morgan fingerprint density at radius 1 is 1.64 bits per heavy atom. The van der Waals surface area contributed by atoms with Gasteiger partial charge in [-0.15, -0.1) is 0 Å². The van der Waals surface area contributed by atoms with E-state index in [9.17, 15) is 4.79 Å². The maximum Gasteiger partial charge on any atom is 0.404 e. The van der Waals surface area contributed by atoms with Crippen molar-refractivity contribution < 1.29 is 15.0 Å². The summed E-state index contributed by atoms with van der Waals surface area (Å²) in [5.74, 6) is 0. The zero-order valence-electron chi connectivity index (χ0n) is 6.13. The van der Waals surface area contributed by atoms with Gasteiger partial charge in [-0.3, -0.25) is 0 Å². The largest absolute Gasteiger partial charge is 0.465 e. The summed E-state index contributed by atoms with van der Waals surface area (Å²) in [6, 6.07) is 0. The number of hydrogen-bond acceptors (Lipinski definition) is 3. The van der Waals surface area contributed by atoms with E-state index in [-0.39, 0.29) is 12.0 Å². The van der Waals surface area contributed by atoms with Crippen LogP contribution in [0.3, 0.4) is 0 Å². The second kappa shape index (κ2) is 3.06. The summed E-state index contributed by atoms with van der Waals surface area (Å²) in [5.41, 5.74) is -0.252. The molecule has 0 atom stereocenters. The summed E-state index contributed by atoms with van der Waals surface area (Å²) in [5, 5.41) is 22.4. The quantitative estimate of drug-likeness (QED) is 0.419. The smallest absolute Gasteiger partial charge is 0.404 e. The minimum absolute atomic E-state index is 0.0281. The zero-order valence-corrected chi connectivity index (χ0v) is 6.13.